The number of halogens is 1. The van der Waals surface area contributed by atoms with E-state index in [1.54, 1.807) is 37.1 Å². The van der Waals surface area contributed by atoms with Crippen molar-refractivity contribution in [3.63, 3.8) is 0 Å². The van der Waals surface area contributed by atoms with Crippen molar-refractivity contribution in [1.29, 1.82) is 0 Å². The fourth-order valence-corrected chi connectivity index (χ4v) is 5.08. The van der Waals surface area contributed by atoms with Gasteiger partial charge in [-0.15, -0.1) is 11.3 Å². The number of carbonyl (C=O) groups excluding carboxylic acids is 1. The lowest BCUT2D eigenvalue weighted by Crippen LogP contribution is -2.19. The molecule has 3 rings (SSSR count). The molecule has 3 aromatic rings. The van der Waals surface area contributed by atoms with Crippen LogP contribution in [0.4, 0.5) is 4.39 Å². The number of alkyl halides is 1. The summed E-state index contributed by atoms with van der Waals surface area (Å²) >= 11 is 3.18. The van der Waals surface area contributed by atoms with Crippen LogP contribution in [0.1, 0.15) is 25.8 Å². The van der Waals surface area contributed by atoms with Crippen LogP contribution in [0.2, 0.25) is 0 Å². The Labute approximate surface area is 184 Å². The van der Waals surface area contributed by atoms with Gasteiger partial charge in [0.15, 0.2) is 4.34 Å². The second kappa shape index (κ2) is 11.2. The molecular formula is C23H25FN2O2S2. The van der Waals surface area contributed by atoms with E-state index >= 15 is 0 Å². The highest BCUT2D eigenvalue weighted by atomic mass is 32.2. The number of thiazole rings is 1. The van der Waals surface area contributed by atoms with Crippen LogP contribution in [0.25, 0.3) is 10.2 Å². The van der Waals surface area contributed by atoms with Gasteiger partial charge in [0.25, 0.3) is 0 Å². The number of hydrogen-bond donors (Lipinski definition) is 0. The normalized spacial score (nSPS) is 13.0. The fraction of sp³-hybridized carbons (Fsp3) is 0.304. The molecule has 7 heteroatoms. The Morgan fingerprint density at radius 2 is 1.97 bits per heavy atom. The number of allylic oxidation sites excluding steroid dienone is 1. The first-order valence-electron chi connectivity index (χ1n) is 9.87. The van der Waals surface area contributed by atoms with E-state index in [2.05, 4.69) is 27.5 Å². The molecule has 0 bridgehead atoms. The number of fused-ring (bicyclic) bond motifs is 1. The summed E-state index contributed by atoms with van der Waals surface area (Å²) in [6, 6.07) is 18.1. The molecule has 0 spiro atoms. The summed E-state index contributed by atoms with van der Waals surface area (Å²) in [6.07, 6.45) is 0.409. The Balaban J connectivity index is 1.67. The Hall–Kier alpha value is -2.22. The molecule has 158 valence electrons. The van der Waals surface area contributed by atoms with Crippen LogP contribution in [0.3, 0.4) is 0 Å². The third-order valence-electron chi connectivity index (χ3n) is 4.37. The van der Waals surface area contributed by atoms with Gasteiger partial charge in [-0.2, -0.15) is 0 Å². The van der Waals surface area contributed by atoms with Gasteiger partial charge in [-0.1, -0.05) is 42.5 Å². The van der Waals surface area contributed by atoms with Crippen molar-refractivity contribution >= 4 is 39.5 Å². The molecule has 0 aliphatic rings. The molecule has 2 aromatic carbocycles. The van der Waals surface area contributed by atoms with E-state index in [4.69, 9.17) is 4.74 Å². The summed E-state index contributed by atoms with van der Waals surface area (Å²) in [5, 5.41) is 0. The molecule has 0 fully saturated rings. The first kappa shape index (κ1) is 22.5. The second-order valence-corrected chi connectivity index (χ2v) is 9.14. The van der Waals surface area contributed by atoms with Gasteiger partial charge in [-0.3, -0.25) is 0 Å². The Bertz CT molecular complexity index is 958. The lowest BCUT2D eigenvalue weighted by molar-refractivity contribution is -0.138. The van der Waals surface area contributed by atoms with Gasteiger partial charge in [0.2, 0.25) is 0 Å². The first-order valence-corrected chi connectivity index (χ1v) is 11.5. The highest BCUT2D eigenvalue weighted by Crippen LogP contribution is 2.32. The van der Waals surface area contributed by atoms with Crippen molar-refractivity contribution in [3.05, 3.63) is 71.8 Å². The van der Waals surface area contributed by atoms with Gasteiger partial charge in [0.05, 0.1) is 16.8 Å². The highest BCUT2D eigenvalue weighted by Gasteiger charge is 2.15. The van der Waals surface area contributed by atoms with Crippen molar-refractivity contribution in [2.24, 2.45) is 0 Å². The number of carbonyl (C=O) groups is 1. The minimum absolute atomic E-state index is 0.279. The molecule has 0 aliphatic heterocycles. The van der Waals surface area contributed by atoms with Crippen molar-refractivity contribution in [2.45, 2.75) is 37.3 Å². The molecule has 0 N–H and O–H groups in total. The number of nitrogens with zero attached hydrogens (tertiary/aromatic N) is 2. The summed E-state index contributed by atoms with van der Waals surface area (Å²) < 4.78 is 23.6. The maximum absolute atomic E-state index is 14.5. The molecule has 4 nitrogen and oxygen atoms in total. The van der Waals surface area contributed by atoms with Crippen LogP contribution < -0.4 is 0 Å². The highest BCUT2D eigenvalue weighted by molar-refractivity contribution is 7.98. The lowest BCUT2D eigenvalue weighted by atomic mass is 10.2. The maximum atomic E-state index is 14.5. The SMILES string of the molecule is CCOC(=O)/C(C)=C/[C@@H](F)CCN(Cc1ccccc1)Sc1nc2ccccc2s1. The van der Waals surface area contributed by atoms with E-state index in [1.165, 1.54) is 6.08 Å². The Morgan fingerprint density at radius 1 is 1.23 bits per heavy atom. The van der Waals surface area contributed by atoms with Crippen LogP contribution in [-0.2, 0) is 16.1 Å². The zero-order chi connectivity index (χ0) is 21.3. The van der Waals surface area contributed by atoms with Crippen LogP contribution in [0.15, 0.2) is 70.6 Å². The molecule has 0 unspecified atom stereocenters. The van der Waals surface area contributed by atoms with Gasteiger partial charge in [0.1, 0.15) is 6.17 Å². The smallest absolute Gasteiger partial charge is 0.333 e. The first-order chi connectivity index (χ1) is 14.5. The zero-order valence-electron chi connectivity index (χ0n) is 17.1. The van der Waals surface area contributed by atoms with E-state index in [1.807, 2.05) is 36.4 Å². The summed E-state index contributed by atoms with van der Waals surface area (Å²) in [4.78, 5) is 16.4. The standard InChI is InChI=1S/C23H25FN2O2S2/c1-3-28-22(27)17(2)15-19(24)13-14-26(16-18-9-5-4-6-10-18)30-23-25-20-11-7-8-12-21(20)29-23/h4-12,15,19H,3,13-14,16H2,1-2H3/b17-15+/t19-/m0/s1. The molecule has 0 amide bonds. The van der Waals surface area contributed by atoms with E-state index in [-0.39, 0.29) is 13.0 Å². The van der Waals surface area contributed by atoms with Crippen molar-refractivity contribution in [3.8, 4) is 0 Å². The predicted octanol–water partition coefficient (Wildman–Crippen LogP) is 6.04. The number of rotatable bonds is 10. The fourth-order valence-electron chi connectivity index (χ4n) is 2.88. The summed E-state index contributed by atoms with van der Waals surface area (Å²) in [6.45, 7) is 4.80. The Kier molecular flexibility index (Phi) is 8.42. The number of aromatic nitrogens is 1. The second-order valence-electron chi connectivity index (χ2n) is 6.76. The molecule has 0 saturated heterocycles. The van der Waals surface area contributed by atoms with Gasteiger partial charge in [-0.25, -0.2) is 18.5 Å². The van der Waals surface area contributed by atoms with E-state index in [9.17, 15) is 9.18 Å². The molecule has 1 atom stereocenters. The topological polar surface area (TPSA) is 42.4 Å². The minimum Gasteiger partial charge on any atom is -0.463 e. The number of hydrogen-bond acceptors (Lipinski definition) is 6. The predicted molar refractivity (Wildman–Crippen MR) is 122 cm³/mol. The molecule has 0 radical (unpaired) electrons. The summed E-state index contributed by atoms with van der Waals surface area (Å²) in [5.74, 6) is -0.467. The Morgan fingerprint density at radius 3 is 2.70 bits per heavy atom. The van der Waals surface area contributed by atoms with E-state index in [0.717, 1.165) is 20.1 Å². The molecule has 1 heterocycles. The average Bonchev–Trinajstić information content (AvgIpc) is 3.15. The zero-order valence-corrected chi connectivity index (χ0v) is 18.7. The molecule has 0 saturated carbocycles. The van der Waals surface area contributed by atoms with Crippen molar-refractivity contribution in [2.75, 3.05) is 13.2 Å². The van der Waals surface area contributed by atoms with Gasteiger partial charge >= 0.3 is 5.97 Å². The molecule has 30 heavy (non-hydrogen) atoms. The number of para-hydroxylation sites is 1. The van der Waals surface area contributed by atoms with Crippen LogP contribution in [0, 0.1) is 0 Å². The molecule has 1 aromatic heterocycles. The number of benzene rings is 2. The lowest BCUT2D eigenvalue weighted by Gasteiger charge is -2.20. The summed E-state index contributed by atoms with van der Waals surface area (Å²) in [5.41, 5.74) is 2.43. The number of ether oxygens (including phenoxy) is 1. The number of esters is 1. The van der Waals surface area contributed by atoms with Gasteiger partial charge in [-0.05, 0) is 56.0 Å². The van der Waals surface area contributed by atoms with E-state index in [0.29, 0.717) is 18.7 Å². The largest absolute Gasteiger partial charge is 0.463 e. The quantitative estimate of drug-likeness (QED) is 0.217. The average molecular weight is 445 g/mol. The third kappa shape index (κ3) is 6.65. The monoisotopic (exact) mass is 444 g/mol. The van der Waals surface area contributed by atoms with Crippen LogP contribution in [0.5, 0.6) is 0 Å². The maximum Gasteiger partial charge on any atom is 0.333 e. The summed E-state index contributed by atoms with van der Waals surface area (Å²) in [7, 11) is 0. The van der Waals surface area contributed by atoms with Crippen molar-refractivity contribution in [1.82, 2.24) is 9.29 Å². The third-order valence-corrected chi connectivity index (χ3v) is 6.49. The molecule has 0 aliphatic carbocycles. The van der Waals surface area contributed by atoms with E-state index < -0.39 is 12.1 Å². The van der Waals surface area contributed by atoms with Crippen molar-refractivity contribution < 1.29 is 13.9 Å². The molecular weight excluding hydrogens is 419 g/mol. The van der Waals surface area contributed by atoms with Gasteiger partial charge < -0.3 is 4.74 Å². The van der Waals surface area contributed by atoms with Crippen LogP contribution in [-0.4, -0.2) is 34.6 Å². The van der Waals surface area contributed by atoms with Crippen LogP contribution >= 0.6 is 23.3 Å². The van der Waals surface area contributed by atoms with Gasteiger partial charge in [0, 0.05) is 18.7 Å². The minimum atomic E-state index is -1.22.